The molecule has 1 aliphatic heterocycles. The molecule has 2 atom stereocenters. The number of nitrogens with one attached hydrogen (secondary N) is 1. The van der Waals surface area contributed by atoms with E-state index in [1.165, 1.54) is 5.56 Å². The molecule has 2 aliphatic rings. The predicted octanol–water partition coefficient (Wildman–Crippen LogP) is 3.62. The molecule has 0 saturated carbocycles. The lowest BCUT2D eigenvalue weighted by atomic mass is 9.73. The summed E-state index contributed by atoms with van der Waals surface area (Å²) < 4.78 is 19.0. The molecule has 0 unspecified atom stereocenters. The number of aliphatic hydroxyl groups is 1. The monoisotopic (exact) mass is 546 g/mol. The molecule has 0 aromatic carbocycles. The normalized spacial score (nSPS) is 20.8. The van der Waals surface area contributed by atoms with Gasteiger partial charge in [-0.2, -0.15) is 5.10 Å². The van der Waals surface area contributed by atoms with Crippen molar-refractivity contribution in [3.05, 3.63) is 51.6 Å². The summed E-state index contributed by atoms with van der Waals surface area (Å²) in [6, 6.07) is 3.97. The molecule has 1 saturated heterocycles. The molecule has 8 nitrogen and oxygen atoms in total. The summed E-state index contributed by atoms with van der Waals surface area (Å²) in [6.45, 7) is 9.59. The van der Waals surface area contributed by atoms with Crippen LogP contribution in [0.25, 0.3) is 5.52 Å². The maximum absolute atomic E-state index is 13.2. The van der Waals surface area contributed by atoms with Gasteiger partial charge >= 0.3 is 0 Å². The van der Waals surface area contributed by atoms with Gasteiger partial charge in [-0.05, 0) is 91.6 Å². The van der Waals surface area contributed by atoms with Gasteiger partial charge in [-0.3, -0.25) is 4.98 Å². The lowest BCUT2D eigenvalue weighted by molar-refractivity contribution is 0.177. The summed E-state index contributed by atoms with van der Waals surface area (Å²) in [4.78, 5) is 11.7. The van der Waals surface area contributed by atoms with Gasteiger partial charge in [-0.15, -0.1) is 0 Å². The van der Waals surface area contributed by atoms with Crippen molar-refractivity contribution in [1.82, 2.24) is 24.3 Å². The van der Waals surface area contributed by atoms with E-state index in [1.807, 2.05) is 50.5 Å². The maximum Gasteiger partial charge on any atom is 0.155 e. The van der Waals surface area contributed by atoms with Crippen LogP contribution in [0.1, 0.15) is 62.2 Å². The highest BCUT2D eigenvalue weighted by atomic mass is 79.9. The molecule has 3 aromatic rings. The predicted molar refractivity (Wildman–Crippen MR) is 137 cm³/mol. The molecule has 1 aliphatic carbocycles. The average molecular weight is 548 g/mol. The number of hydrogen-bond acceptors (Lipinski definition) is 6. The number of hydrogen-bond donors (Lipinski definition) is 2. The first-order valence-electron chi connectivity index (χ1n) is 11.6. The van der Waals surface area contributed by atoms with Gasteiger partial charge in [-0.25, -0.2) is 18.4 Å². The Morgan fingerprint density at radius 1 is 1.32 bits per heavy atom. The zero-order chi connectivity index (χ0) is 24.3. The first-order chi connectivity index (χ1) is 16.1. The Bertz CT molecular complexity index is 1260. The number of aromatic nitrogens is 4. The molecule has 0 amide bonds. The summed E-state index contributed by atoms with van der Waals surface area (Å²) in [5, 5.41) is 14.1. The van der Waals surface area contributed by atoms with Gasteiger partial charge in [0.2, 0.25) is 0 Å². The summed E-state index contributed by atoms with van der Waals surface area (Å²) >= 11 is 3.60. The molecular formula is C24H31BrN6O2S. The van der Waals surface area contributed by atoms with Gasteiger partial charge in [0, 0.05) is 19.3 Å². The Morgan fingerprint density at radius 2 is 2.06 bits per heavy atom. The fraction of sp³-hybridized carbons (Fsp3) is 0.542. The fourth-order valence-electron chi connectivity index (χ4n) is 5.25. The molecule has 1 fully saturated rings. The van der Waals surface area contributed by atoms with E-state index in [2.05, 4.69) is 35.6 Å². The summed E-state index contributed by atoms with van der Waals surface area (Å²) in [5.41, 5.74) is 4.83. The SMILES string of the molecule is Cc1nc(N2CCC3(CC2)Cc2cc(CO)ncc2[C@H]3N[S@](=O)C(C)(C)C)c2ccnn2c1Br. The molecule has 2 N–H and O–H groups in total. The highest BCUT2D eigenvalue weighted by Gasteiger charge is 2.49. The van der Waals surface area contributed by atoms with Crippen molar-refractivity contribution in [2.45, 2.75) is 64.4 Å². The summed E-state index contributed by atoms with van der Waals surface area (Å²) in [6.07, 6.45) is 6.43. The van der Waals surface area contributed by atoms with Crippen LogP contribution in [-0.2, 0) is 24.0 Å². The molecular weight excluding hydrogens is 516 g/mol. The van der Waals surface area contributed by atoms with Crippen molar-refractivity contribution in [3.63, 3.8) is 0 Å². The molecule has 182 valence electrons. The Balaban J connectivity index is 1.46. The van der Waals surface area contributed by atoms with Crippen molar-refractivity contribution in [1.29, 1.82) is 0 Å². The van der Waals surface area contributed by atoms with Crippen LogP contribution in [0.2, 0.25) is 0 Å². The molecule has 5 rings (SSSR count). The molecule has 4 heterocycles. The maximum atomic E-state index is 13.2. The van der Waals surface area contributed by atoms with Crippen molar-refractivity contribution in [2.24, 2.45) is 5.41 Å². The van der Waals surface area contributed by atoms with E-state index in [-0.39, 0.29) is 22.8 Å². The third-order valence-corrected chi connectivity index (χ3v) is 9.65. The van der Waals surface area contributed by atoms with E-state index >= 15 is 0 Å². The van der Waals surface area contributed by atoms with Gasteiger partial charge in [-0.1, -0.05) is 0 Å². The molecule has 0 radical (unpaired) electrons. The van der Waals surface area contributed by atoms with Crippen LogP contribution in [0.15, 0.2) is 29.1 Å². The fourth-order valence-corrected chi connectivity index (χ4v) is 6.56. The third kappa shape index (κ3) is 3.98. The number of nitrogens with zero attached hydrogens (tertiary/aromatic N) is 5. The first kappa shape index (κ1) is 23.8. The second-order valence-electron chi connectivity index (χ2n) is 10.4. The second-order valence-corrected chi connectivity index (χ2v) is 13.2. The van der Waals surface area contributed by atoms with Gasteiger partial charge in [0.1, 0.15) is 10.1 Å². The van der Waals surface area contributed by atoms with Gasteiger partial charge in [0.25, 0.3) is 0 Å². The number of fused-ring (bicyclic) bond motifs is 2. The van der Waals surface area contributed by atoms with E-state index in [9.17, 15) is 9.32 Å². The summed E-state index contributed by atoms with van der Waals surface area (Å²) in [7, 11) is -1.20. The Kier molecular flexibility index (Phi) is 6.07. The van der Waals surface area contributed by atoms with Crippen LogP contribution >= 0.6 is 15.9 Å². The van der Waals surface area contributed by atoms with Gasteiger partial charge in [0.15, 0.2) is 5.82 Å². The van der Waals surface area contributed by atoms with Gasteiger partial charge in [0.05, 0.1) is 46.0 Å². The van der Waals surface area contributed by atoms with E-state index in [4.69, 9.17) is 4.98 Å². The Morgan fingerprint density at radius 3 is 2.74 bits per heavy atom. The minimum Gasteiger partial charge on any atom is -0.390 e. The van der Waals surface area contributed by atoms with Crippen LogP contribution in [0.5, 0.6) is 0 Å². The van der Waals surface area contributed by atoms with Crippen LogP contribution < -0.4 is 9.62 Å². The number of aryl methyl sites for hydroxylation is 1. The van der Waals surface area contributed by atoms with Crippen molar-refractivity contribution in [2.75, 3.05) is 18.0 Å². The van der Waals surface area contributed by atoms with Crippen LogP contribution in [-0.4, -0.2) is 46.7 Å². The smallest absolute Gasteiger partial charge is 0.155 e. The van der Waals surface area contributed by atoms with Gasteiger partial charge < -0.3 is 10.0 Å². The number of piperidine rings is 1. The van der Waals surface area contributed by atoms with Crippen LogP contribution in [0.4, 0.5) is 5.82 Å². The standard InChI is InChI=1S/C24H31BrN6O2S/c1-15-21(25)31-19(5-8-27-31)22(28-15)30-9-6-24(7-10-30)12-16-11-17(14-32)26-13-18(16)20(24)29-34(33)23(2,3)4/h5,8,11,13,20,29,32H,6-7,9-10,12,14H2,1-4H3/t20-,34-/m1/s1. The average Bonchev–Trinajstić information content (AvgIpc) is 3.40. The highest BCUT2D eigenvalue weighted by molar-refractivity contribution is 9.10. The Hall–Kier alpha value is -1.88. The van der Waals surface area contributed by atoms with E-state index in [0.29, 0.717) is 5.69 Å². The van der Waals surface area contributed by atoms with Crippen LogP contribution in [0, 0.1) is 12.3 Å². The molecule has 1 spiro atoms. The quantitative estimate of drug-likeness (QED) is 0.518. The lowest BCUT2D eigenvalue weighted by Crippen LogP contribution is -2.48. The van der Waals surface area contributed by atoms with Crippen molar-refractivity contribution >= 4 is 38.3 Å². The highest BCUT2D eigenvalue weighted by Crippen LogP contribution is 2.52. The minimum absolute atomic E-state index is 0.0421. The van der Waals surface area contributed by atoms with E-state index in [0.717, 1.165) is 59.5 Å². The number of rotatable bonds is 4. The molecule has 0 bridgehead atoms. The van der Waals surface area contributed by atoms with Crippen molar-refractivity contribution in [3.8, 4) is 0 Å². The number of halogens is 1. The number of anilines is 1. The summed E-state index contributed by atoms with van der Waals surface area (Å²) in [5.74, 6) is 0.954. The molecule has 34 heavy (non-hydrogen) atoms. The molecule has 3 aromatic heterocycles. The topological polar surface area (TPSA) is 95.6 Å². The zero-order valence-corrected chi connectivity index (χ0v) is 22.4. The Labute approximate surface area is 210 Å². The van der Waals surface area contributed by atoms with E-state index in [1.54, 1.807) is 6.20 Å². The largest absolute Gasteiger partial charge is 0.390 e. The number of aliphatic hydroxyl groups excluding tert-OH is 1. The molecule has 10 heteroatoms. The zero-order valence-electron chi connectivity index (χ0n) is 20.0. The second kappa shape index (κ2) is 8.65. The third-order valence-electron chi connectivity index (χ3n) is 7.18. The van der Waals surface area contributed by atoms with E-state index < -0.39 is 11.0 Å². The first-order valence-corrected chi connectivity index (χ1v) is 13.6. The minimum atomic E-state index is -1.20. The van der Waals surface area contributed by atoms with Crippen molar-refractivity contribution < 1.29 is 9.32 Å². The van der Waals surface area contributed by atoms with Crippen LogP contribution in [0.3, 0.4) is 0 Å². The number of pyridine rings is 1. The lowest BCUT2D eigenvalue weighted by Gasteiger charge is -2.44.